The Bertz CT molecular complexity index is 1150. The van der Waals surface area contributed by atoms with Gasteiger partial charge in [-0.1, -0.05) is 97.1 Å². The number of hydrogen-bond acceptors (Lipinski definition) is 6. The number of aliphatic hydroxyl groups excluding tert-OH is 2. The van der Waals surface area contributed by atoms with Gasteiger partial charge < -0.3 is 24.4 Å². The topological polar surface area (TPSA) is 81.0 Å². The van der Waals surface area contributed by atoms with E-state index in [1.165, 1.54) is 0 Å². The van der Waals surface area contributed by atoms with Crippen molar-refractivity contribution in [3.8, 4) is 0 Å². The van der Waals surface area contributed by atoms with Gasteiger partial charge in [0.15, 0.2) is 0 Å². The Morgan fingerprint density at radius 3 is 1.57 bits per heavy atom. The molecule has 0 saturated heterocycles. The third kappa shape index (κ3) is 8.32. The summed E-state index contributed by atoms with van der Waals surface area (Å²) < 4.78 is 18.3. The number of ether oxygens (including phenoxy) is 3. The van der Waals surface area contributed by atoms with E-state index in [9.17, 15) is 10.2 Å². The van der Waals surface area contributed by atoms with Gasteiger partial charge in [0, 0.05) is 6.20 Å². The van der Waals surface area contributed by atoms with Crippen LogP contribution in [-0.2, 0) is 34.0 Å². The highest BCUT2D eigenvalue weighted by atomic mass is 16.6. The van der Waals surface area contributed by atoms with Gasteiger partial charge >= 0.3 is 0 Å². The van der Waals surface area contributed by atoms with Crippen molar-refractivity contribution in [2.24, 2.45) is 0 Å². The Hall–Kier alpha value is -3.39. The number of pyridine rings is 1. The minimum absolute atomic E-state index is 0.00842. The normalized spacial score (nSPS) is 14.5. The highest BCUT2D eigenvalue weighted by molar-refractivity contribution is 5.16. The smallest absolute Gasteiger partial charge is 0.125 e. The van der Waals surface area contributed by atoms with E-state index in [1.807, 2.05) is 91.0 Å². The first kappa shape index (κ1) is 26.7. The lowest BCUT2D eigenvalue weighted by Gasteiger charge is -2.34. The van der Waals surface area contributed by atoms with Crippen LogP contribution in [0.3, 0.4) is 0 Å². The number of aliphatic hydroxyl groups is 2. The van der Waals surface area contributed by atoms with Crippen molar-refractivity contribution < 1.29 is 24.4 Å². The van der Waals surface area contributed by atoms with Crippen LogP contribution in [0, 0.1) is 0 Å². The van der Waals surface area contributed by atoms with E-state index < -0.39 is 24.4 Å². The zero-order valence-electron chi connectivity index (χ0n) is 20.7. The minimum atomic E-state index is -1.13. The molecule has 1 aromatic heterocycles. The van der Waals surface area contributed by atoms with Gasteiger partial charge in [-0.2, -0.15) is 0 Å². The molecular formula is C31H33NO5. The number of rotatable bonds is 14. The van der Waals surface area contributed by atoms with Crippen LogP contribution in [0.25, 0.3) is 0 Å². The van der Waals surface area contributed by atoms with Crippen molar-refractivity contribution in [1.29, 1.82) is 0 Å². The van der Waals surface area contributed by atoms with Crippen LogP contribution in [0.4, 0.5) is 0 Å². The Morgan fingerprint density at radius 2 is 1.05 bits per heavy atom. The molecule has 0 bridgehead atoms. The largest absolute Gasteiger partial charge is 0.388 e. The third-order valence-corrected chi connectivity index (χ3v) is 5.98. The summed E-state index contributed by atoms with van der Waals surface area (Å²) in [7, 11) is 0. The zero-order chi connectivity index (χ0) is 25.7. The average molecular weight is 500 g/mol. The van der Waals surface area contributed by atoms with E-state index in [-0.39, 0.29) is 19.8 Å². The van der Waals surface area contributed by atoms with Crippen molar-refractivity contribution in [3.63, 3.8) is 0 Å². The summed E-state index contributed by atoms with van der Waals surface area (Å²) in [5.74, 6) is 0. The van der Waals surface area contributed by atoms with Gasteiger partial charge in [0.2, 0.25) is 0 Å². The van der Waals surface area contributed by atoms with Gasteiger partial charge in [-0.25, -0.2) is 0 Å². The summed E-state index contributed by atoms with van der Waals surface area (Å²) >= 11 is 0. The van der Waals surface area contributed by atoms with Gasteiger partial charge in [-0.05, 0) is 28.8 Å². The second kappa shape index (κ2) is 14.4. The van der Waals surface area contributed by atoms with E-state index in [0.717, 1.165) is 16.7 Å². The lowest BCUT2D eigenvalue weighted by Crippen LogP contribution is -2.46. The number of hydrogen-bond donors (Lipinski definition) is 2. The fourth-order valence-corrected chi connectivity index (χ4v) is 4.01. The molecule has 0 radical (unpaired) electrons. The number of aromatic nitrogens is 1. The monoisotopic (exact) mass is 499 g/mol. The van der Waals surface area contributed by atoms with Crippen LogP contribution in [0.1, 0.15) is 28.5 Å². The molecule has 4 atom stereocenters. The van der Waals surface area contributed by atoms with Gasteiger partial charge in [0.1, 0.15) is 24.4 Å². The lowest BCUT2D eigenvalue weighted by molar-refractivity contribution is -0.178. The van der Waals surface area contributed by atoms with Crippen molar-refractivity contribution in [1.82, 2.24) is 4.98 Å². The summed E-state index contributed by atoms with van der Waals surface area (Å²) in [4.78, 5) is 4.32. The highest BCUT2D eigenvalue weighted by Gasteiger charge is 2.37. The van der Waals surface area contributed by atoms with Crippen LogP contribution in [-0.4, -0.2) is 40.1 Å². The predicted molar refractivity (Wildman–Crippen MR) is 141 cm³/mol. The first-order valence-corrected chi connectivity index (χ1v) is 12.4. The highest BCUT2D eigenvalue weighted by Crippen LogP contribution is 2.26. The van der Waals surface area contributed by atoms with Crippen molar-refractivity contribution in [2.45, 2.75) is 44.2 Å². The molecule has 37 heavy (non-hydrogen) atoms. The first-order valence-electron chi connectivity index (χ1n) is 12.4. The van der Waals surface area contributed by atoms with E-state index in [2.05, 4.69) is 4.98 Å². The molecule has 0 fully saturated rings. The first-order chi connectivity index (χ1) is 18.2. The molecule has 1 heterocycles. The maximum absolute atomic E-state index is 11.4. The average Bonchev–Trinajstić information content (AvgIpc) is 2.96. The molecule has 0 unspecified atom stereocenters. The van der Waals surface area contributed by atoms with Crippen LogP contribution < -0.4 is 0 Å². The molecule has 4 aromatic rings. The number of benzene rings is 3. The summed E-state index contributed by atoms with van der Waals surface area (Å²) in [5, 5.41) is 22.6. The molecule has 0 amide bonds. The Labute approximate surface area is 218 Å². The Morgan fingerprint density at radius 1 is 0.568 bits per heavy atom. The van der Waals surface area contributed by atoms with Crippen LogP contribution >= 0.6 is 0 Å². The summed E-state index contributed by atoms with van der Waals surface area (Å²) in [6.07, 6.45) is -2.38. The second-order valence-electron chi connectivity index (χ2n) is 8.79. The van der Waals surface area contributed by atoms with Gasteiger partial charge in [-0.3, -0.25) is 4.98 Å². The zero-order valence-corrected chi connectivity index (χ0v) is 20.7. The third-order valence-electron chi connectivity index (χ3n) is 5.98. The standard InChI is InChI=1S/C31H33NO5/c33-28(23-35-20-24-12-4-1-5-13-24)30(36-21-25-14-6-2-7-15-25)31(29(34)27-18-10-11-19-32-27)37-22-26-16-8-3-9-17-26/h1-19,28-31,33-34H,20-23H2/t28-,29-,30-,31+/m1/s1. The van der Waals surface area contributed by atoms with Crippen molar-refractivity contribution >= 4 is 0 Å². The molecule has 3 aromatic carbocycles. The van der Waals surface area contributed by atoms with Crippen LogP contribution in [0.15, 0.2) is 115 Å². The predicted octanol–water partition coefficient (Wildman–Crippen LogP) is 4.86. The summed E-state index contributed by atoms with van der Waals surface area (Å²) in [5.41, 5.74) is 3.32. The Balaban J connectivity index is 1.54. The molecule has 192 valence electrons. The fraction of sp³-hybridized carbons (Fsp3) is 0.258. The van der Waals surface area contributed by atoms with E-state index >= 15 is 0 Å². The summed E-state index contributed by atoms with van der Waals surface area (Å²) in [6, 6.07) is 34.5. The molecule has 0 spiro atoms. The maximum atomic E-state index is 11.4. The SMILES string of the molecule is O[C@H](COCc1ccccc1)[C@@H](OCc1ccccc1)[C@@H](OCc1ccccc1)[C@H](O)c1ccccn1. The van der Waals surface area contributed by atoms with E-state index in [4.69, 9.17) is 14.2 Å². The lowest BCUT2D eigenvalue weighted by atomic mass is 9.99. The molecule has 6 nitrogen and oxygen atoms in total. The van der Waals surface area contributed by atoms with Gasteiger partial charge in [0.05, 0.1) is 32.1 Å². The van der Waals surface area contributed by atoms with E-state index in [1.54, 1.807) is 24.4 Å². The molecule has 6 heteroatoms. The quantitative estimate of drug-likeness (QED) is 0.258. The van der Waals surface area contributed by atoms with E-state index in [0.29, 0.717) is 12.3 Å². The molecule has 0 saturated carbocycles. The second-order valence-corrected chi connectivity index (χ2v) is 8.79. The summed E-state index contributed by atoms with van der Waals surface area (Å²) in [6.45, 7) is 0.829. The van der Waals surface area contributed by atoms with Crippen molar-refractivity contribution in [3.05, 3.63) is 138 Å². The molecular weight excluding hydrogens is 466 g/mol. The Kier molecular flexibility index (Phi) is 10.4. The maximum Gasteiger partial charge on any atom is 0.125 e. The van der Waals surface area contributed by atoms with Crippen LogP contribution in [0.5, 0.6) is 0 Å². The van der Waals surface area contributed by atoms with Crippen molar-refractivity contribution in [2.75, 3.05) is 6.61 Å². The molecule has 4 rings (SSSR count). The molecule has 2 N–H and O–H groups in total. The van der Waals surface area contributed by atoms with Crippen LogP contribution in [0.2, 0.25) is 0 Å². The molecule has 0 aliphatic heterocycles. The van der Waals surface area contributed by atoms with Gasteiger partial charge in [-0.15, -0.1) is 0 Å². The number of nitrogens with zero attached hydrogens (tertiary/aromatic N) is 1. The molecule has 0 aliphatic carbocycles. The van der Waals surface area contributed by atoms with Gasteiger partial charge in [0.25, 0.3) is 0 Å². The fourth-order valence-electron chi connectivity index (χ4n) is 4.01. The minimum Gasteiger partial charge on any atom is -0.388 e. The molecule has 0 aliphatic rings.